The van der Waals surface area contributed by atoms with E-state index in [9.17, 15) is 9.59 Å². The van der Waals surface area contributed by atoms with Crippen molar-refractivity contribution in [1.29, 1.82) is 0 Å². The summed E-state index contributed by atoms with van der Waals surface area (Å²) >= 11 is 0. The molecule has 2 aromatic carbocycles. The molecule has 3 rings (SSSR count). The van der Waals surface area contributed by atoms with Crippen molar-refractivity contribution in [2.75, 3.05) is 19.8 Å². The highest BCUT2D eigenvalue weighted by molar-refractivity contribution is 6.07. The maximum Gasteiger partial charge on any atom is 0.341 e. The standard InChI is InChI=1S/C19H16O6/c20-16(14-2-1-3-15(11-14)25-12-19(21)22)6-4-13-5-7-17-18(10-13)24-9-8-23-17/h1-7,10-11H,8-9,12H2,(H,21,22)/b6-4+. The van der Waals surface area contributed by atoms with Crippen molar-refractivity contribution in [3.05, 3.63) is 59.7 Å². The Bertz CT molecular complexity index is 824. The highest BCUT2D eigenvalue weighted by Crippen LogP contribution is 2.31. The Balaban J connectivity index is 1.70. The molecule has 2 aromatic rings. The number of ketones is 1. The largest absolute Gasteiger partial charge is 0.486 e. The van der Waals surface area contributed by atoms with Gasteiger partial charge in [-0.3, -0.25) is 4.79 Å². The molecule has 0 aliphatic carbocycles. The molecule has 6 nitrogen and oxygen atoms in total. The lowest BCUT2D eigenvalue weighted by molar-refractivity contribution is -0.139. The average Bonchev–Trinajstić information content (AvgIpc) is 2.64. The third kappa shape index (κ3) is 4.38. The number of carboxylic acid groups (broad SMARTS) is 1. The number of carbonyl (C=O) groups is 2. The van der Waals surface area contributed by atoms with Crippen LogP contribution >= 0.6 is 0 Å². The molecule has 0 spiro atoms. The lowest BCUT2D eigenvalue weighted by Crippen LogP contribution is -2.15. The molecular formula is C19H16O6. The first-order valence-electron chi connectivity index (χ1n) is 7.68. The first kappa shape index (κ1) is 16.6. The number of benzene rings is 2. The maximum absolute atomic E-state index is 12.3. The van der Waals surface area contributed by atoms with Crippen LogP contribution < -0.4 is 14.2 Å². The number of carboxylic acids is 1. The van der Waals surface area contributed by atoms with E-state index >= 15 is 0 Å². The fourth-order valence-corrected chi connectivity index (χ4v) is 2.32. The van der Waals surface area contributed by atoms with E-state index in [2.05, 4.69) is 0 Å². The fourth-order valence-electron chi connectivity index (χ4n) is 2.32. The molecule has 0 aromatic heterocycles. The van der Waals surface area contributed by atoms with E-state index in [1.807, 2.05) is 12.1 Å². The number of hydrogen-bond donors (Lipinski definition) is 1. The Hall–Kier alpha value is -3.28. The predicted molar refractivity (Wildman–Crippen MR) is 90.4 cm³/mol. The van der Waals surface area contributed by atoms with Crippen LogP contribution in [0.4, 0.5) is 0 Å². The molecule has 128 valence electrons. The van der Waals surface area contributed by atoms with E-state index in [0.29, 0.717) is 36.0 Å². The first-order chi connectivity index (χ1) is 12.1. The molecule has 1 aliphatic heterocycles. The molecule has 0 unspecified atom stereocenters. The quantitative estimate of drug-likeness (QED) is 0.643. The molecule has 1 N–H and O–H groups in total. The van der Waals surface area contributed by atoms with Gasteiger partial charge >= 0.3 is 5.97 Å². The van der Waals surface area contributed by atoms with E-state index in [-0.39, 0.29) is 5.78 Å². The third-order valence-corrected chi connectivity index (χ3v) is 3.47. The normalized spacial score (nSPS) is 12.8. The van der Waals surface area contributed by atoms with Crippen LogP contribution in [0.5, 0.6) is 17.2 Å². The van der Waals surface area contributed by atoms with Gasteiger partial charge in [-0.15, -0.1) is 0 Å². The molecule has 1 heterocycles. The van der Waals surface area contributed by atoms with E-state index in [1.165, 1.54) is 12.1 Å². The number of carbonyl (C=O) groups excluding carboxylic acids is 1. The molecule has 0 radical (unpaired) electrons. The zero-order valence-electron chi connectivity index (χ0n) is 13.3. The van der Waals surface area contributed by atoms with Crippen LogP contribution in [0.25, 0.3) is 6.08 Å². The SMILES string of the molecule is O=C(O)COc1cccc(C(=O)/C=C/c2ccc3c(c2)OCCO3)c1. The summed E-state index contributed by atoms with van der Waals surface area (Å²) in [4.78, 5) is 22.8. The topological polar surface area (TPSA) is 82.1 Å². The lowest BCUT2D eigenvalue weighted by atomic mass is 10.1. The van der Waals surface area contributed by atoms with Crippen LogP contribution in [0.1, 0.15) is 15.9 Å². The summed E-state index contributed by atoms with van der Waals surface area (Å²) in [5, 5.41) is 8.63. The van der Waals surface area contributed by atoms with Crippen LogP contribution in [-0.2, 0) is 4.79 Å². The Morgan fingerprint density at radius 2 is 1.88 bits per heavy atom. The molecule has 0 atom stereocenters. The highest BCUT2D eigenvalue weighted by Gasteiger charge is 2.11. The van der Waals surface area contributed by atoms with Crippen LogP contribution in [0, 0.1) is 0 Å². The summed E-state index contributed by atoms with van der Waals surface area (Å²) in [5.74, 6) is 0.398. The molecular weight excluding hydrogens is 324 g/mol. The summed E-state index contributed by atoms with van der Waals surface area (Å²) in [5.41, 5.74) is 1.23. The number of aliphatic carboxylic acids is 1. The molecule has 0 saturated heterocycles. The van der Waals surface area contributed by atoms with Gasteiger partial charge in [-0.05, 0) is 35.9 Å². The zero-order chi connectivity index (χ0) is 17.6. The number of ether oxygens (including phenoxy) is 3. The summed E-state index contributed by atoms with van der Waals surface area (Å²) in [6, 6.07) is 11.9. The van der Waals surface area contributed by atoms with Gasteiger partial charge in [0, 0.05) is 5.56 Å². The molecule has 0 bridgehead atoms. The van der Waals surface area contributed by atoms with Gasteiger partial charge in [0.2, 0.25) is 0 Å². The maximum atomic E-state index is 12.3. The van der Waals surface area contributed by atoms with Crippen LogP contribution in [0.2, 0.25) is 0 Å². The van der Waals surface area contributed by atoms with Gasteiger partial charge in [0.1, 0.15) is 19.0 Å². The van der Waals surface area contributed by atoms with Gasteiger partial charge in [0.15, 0.2) is 23.9 Å². The second kappa shape index (κ2) is 7.53. The van der Waals surface area contributed by atoms with Gasteiger partial charge in [0.25, 0.3) is 0 Å². The van der Waals surface area contributed by atoms with E-state index < -0.39 is 12.6 Å². The van der Waals surface area contributed by atoms with E-state index in [4.69, 9.17) is 19.3 Å². The van der Waals surface area contributed by atoms with Crippen molar-refractivity contribution in [1.82, 2.24) is 0 Å². The van der Waals surface area contributed by atoms with Gasteiger partial charge in [-0.2, -0.15) is 0 Å². The second-order valence-corrected chi connectivity index (χ2v) is 5.31. The number of rotatable bonds is 6. The Morgan fingerprint density at radius 1 is 1.08 bits per heavy atom. The molecule has 0 amide bonds. The second-order valence-electron chi connectivity index (χ2n) is 5.31. The van der Waals surface area contributed by atoms with Gasteiger partial charge < -0.3 is 19.3 Å². The molecule has 6 heteroatoms. The van der Waals surface area contributed by atoms with E-state index in [1.54, 1.807) is 30.3 Å². The van der Waals surface area contributed by atoms with Crippen LogP contribution in [-0.4, -0.2) is 36.7 Å². The Morgan fingerprint density at radius 3 is 2.68 bits per heavy atom. The minimum atomic E-state index is -1.07. The summed E-state index contributed by atoms with van der Waals surface area (Å²) in [7, 11) is 0. The molecule has 0 saturated carbocycles. The predicted octanol–water partition coefficient (Wildman–Crippen LogP) is 2.82. The molecule has 0 fully saturated rings. The highest BCUT2D eigenvalue weighted by atomic mass is 16.6. The van der Waals surface area contributed by atoms with Crippen molar-refractivity contribution >= 4 is 17.8 Å². The van der Waals surface area contributed by atoms with Crippen LogP contribution in [0.3, 0.4) is 0 Å². The minimum absolute atomic E-state index is 0.212. The number of allylic oxidation sites excluding steroid dienone is 1. The zero-order valence-corrected chi connectivity index (χ0v) is 13.3. The van der Waals surface area contributed by atoms with Gasteiger partial charge in [0.05, 0.1) is 0 Å². The fraction of sp³-hybridized carbons (Fsp3) is 0.158. The minimum Gasteiger partial charge on any atom is -0.486 e. The smallest absolute Gasteiger partial charge is 0.341 e. The van der Waals surface area contributed by atoms with E-state index in [0.717, 1.165) is 5.56 Å². The Labute approximate surface area is 144 Å². The summed E-state index contributed by atoms with van der Waals surface area (Å²) < 4.78 is 16.0. The Kier molecular flexibility index (Phi) is 4.99. The van der Waals surface area contributed by atoms with Crippen LogP contribution in [0.15, 0.2) is 48.5 Å². The van der Waals surface area contributed by atoms with Crippen molar-refractivity contribution in [3.63, 3.8) is 0 Å². The van der Waals surface area contributed by atoms with Crippen molar-refractivity contribution in [2.24, 2.45) is 0 Å². The van der Waals surface area contributed by atoms with Gasteiger partial charge in [-0.25, -0.2) is 4.79 Å². The van der Waals surface area contributed by atoms with Crippen molar-refractivity contribution in [2.45, 2.75) is 0 Å². The lowest BCUT2D eigenvalue weighted by Gasteiger charge is -2.18. The molecule has 25 heavy (non-hydrogen) atoms. The number of fused-ring (bicyclic) bond motifs is 1. The summed E-state index contributed by atoms with van der Waals surface area (Å²) in [6.45, 7) is 0.577. The summed E-state index contributed by atoms with van der Waals surface area (Å²) in [6.07, 6.45) is 3.13. The van der Waals surface area contributed by atoms with Crippen molar-refractivity contribution < 1.29 is 28.9 Å². The monoisotopic (exact) mass is 340 g/mol. The van der Waals surface area contributed by atoms with Gasteiger partial charge in [-0.1, -0.05) is 24.3 Å². The third-order valence-electron chi connectivity index (χ3n) is 3.47. The first-order valence-corrected chi connectivity index (χ1v) is 7.68. The van der Waals surface area contributed by atoms with Crippen molar-refractivity contribution in [3.8, 4) is 17.2 Å². The average molecular weight is 340 g/mol. The number of hydrogen-bond acceptors (Lipinski definition) is 5. The molecule has 1 aliphatic rings.